The van der Waals surface area contributed by atoms with Gasteiger partial charge in [0.05, 0.1) is 22.1 Å². The molecule has 13 aromatic rings. The number of furan rings is 1. The molecule has 0 fully saturated rings. The van der Waals surface area contributed by atoms with Gasteiger partial charge in [-0.3, -0.25) is 4.57 Å². The highest BCUT2D eigenvalue weighted by Gasteiger charge is 2.37. The Morgan fingerprint density at radius 1 is 0.409 bits per heavy atom. The normalized spacial score (nSPS) is 13.1. The predicted octanol–water partition coefficient (Wildman–Crippen LogP) is 15.3. The lowest BCUT2D eigenvalue weighted by atomic mass is 9.82. The molecule has 0 bridgehead atoms. The maximum Gasteiger partial charge on any atom is 0.238 e. The number of para-hydroxylation sites is 2. The lowest BCUT2D eigenvalue weighted by Gasteiger charge is -2.21. The summed E-state index contributed by atoms with van der Waals surface area (Å²) >= 11 is 0. The Hall–Kier alpha value is -8.61. The third-order valence-corrected chi connectivity index (χ3v) is 14.0. The molecule has 0 atom stereocenters. The summed E-state index contributed by atoms with van der Waals surface area (Å²) in [5.41, 5.74) is 16.0. The summed E-state index contributed by atoms with van der Waals surface area (Å²) in [6, 6.07) is 71.1. The van der Waals surface area contributed by atoms with Crippen LogP contribution in [0.5, 0.6) is 0 Å². The molecule has 0 aliphatic heterocycles. The lowest BCUT2D eigenvalue weighted by molar-refractivity contribution is 0.660. The van der Waals surface area contributed by atoms with Gasteiger partial charge in [-0.05, 0) is 69.8 Å². The van der Waals surface area contributed by atoms with Crippen LogP contribution in [0.3, 0.4) is 0 Å². The molecule has 310 valence electrons. The predicted molar refractivity (Wildman–Crippen MR) is 270 cm³/mol. The zero-order valence-corrected chi connectivity index (χ0v) is 36.2. The van der Waals surface area contributed by atoms with E-state index in [2.05, 4.69) is 205 Å². The van der Waals surface area contributed by atoms with Crippen LogP contribution in [0.2, 0.25) is 0 Å². The van der Waals surface area contributed by atoms with Crippen molar-refractivity contribution in [2.75, 3.05) is 0 Å². The van der Waals surface area contributed by atoms with E-state index in [1.54, 1.807) is 0 Å². The van der Waals surface area contributed by atoms with E-state index >= 15 is 0 Å². The van der Waals surface area contributed by atoms with Crippen LogP contribution < -0.4 is 0 Å². The molecule has 0 N–H and O–H groups in total. The van der Waals surface area contributed by atoms with Gasteiger partial charge >= 0.3 is 0 Å². The third-order valence-electron chi connectivity index (χ3n) is 14.0. The molecule has 0 saturated carbocycles. The molecule has 0 spiro atoms. The first-order valence-corrected chi connectivity index (χ1v) is 22.5. The first-order valence-electron chi connectivity index (χ1n) is 22.5. The molecular weight excluding hydrogens is 807 g/mol. The molecule has 0 unspecified atom stereocenters. The van der Waals surface area contributed by atoms with Crippen molar-refractivity contribution in [2.45, 2.75) is 19.3 Å². The molecule has 14 rings (SSSR count). The van der Waals surface area contributed by atoms with Crippen molar-refractivity contribution in [3.8, 4) is 56.7 Å². The van der Waals surface area contributed by atoms with Crippen molar-refractivity contribution in [3.63, 3.8) is 0 Å². The van der Waals surface area contributed by atoms with Gasteiger partial charge in [0.25, 0.3) is 0 Å². The number of rotatable bonds is 5. The maximum absolute atomic E-state index is 6.57. The summed E-state index contributed by atoms with van der Waals surface area (Å²) in [5.74, 6) is 1.80. The van der Waals surface area contributed by atoms with Gasteiger partial charge in [0, 0.05) is 54.5 Å². The van der Waals surface area contributed by atoms with Crippen LogP contribution in [0.1, 0.15) is 25.0 Å². The highest BCUT2D eigenvalue weighted by molar-refractivity contribution is 6.24. The summed E-state index contributed by atoms with van der Waals surface area (Å²) in [5, 5.41) is 6.70. The second-order valence-corrected chi connectivity index (χ2v) is 17.9. The summed E-state index contributed by atoms with van der Waals surface area (Å²) < 4.78 is 11.3. The molecule has 66 heavy (non-hydrogen) atoms. The first kappa shape index (κ1) is 36.8. The van der Waals surface area contributed by atoms with Crippen LogP contribution in [0.15, 0.2) is 205 Å². The van der Waals surface area contributed by atoms with Gasteiger partial charge in [-0.25, -0.2) is 4.98 Å². The van der Waals surface area contributed by atoms with Crippen molar-refractivity contribution in [1.29, 1.82) is 0 Å². The Balaban J connectivity index is 1.10. The minimum absolute atomic E-state index is 0.180. The number of hydrogen-bond acceptors (Lipinski definition) is 4. The van der Waals surface area contributed by atoms with Gasteiger partial charge < -0.3 is 8.98 Å². The Labute approximate surface area is 379 Å². The lowest BCUT2D eigenvalue weighted by Crippen LogP contribution is -2.14. The summed E-state index contributed by atoms with van der Waals surface area (Å²) in [6.07, 6.45) is 0. The van der Waals surface area contributed by atoms with Crippen LogP contribution in [0.25, 0.3) is 122 Å². The van der Waals surface area contributed by atoms with Crippen molar-refractivity contribution in [1.82, 2.24) is 24.1 Å². The fourth-order valence-electron chi connectivity index (χ4n) is 11.0. The number of nitrogens with zero attached hydrogens (tertiary/aromatic N) is 5. The summed E-state index contributed by atoms with van der Waals surface area (Å²) in [4.78, 5) is 16.3. The quantitative estimate of drug-likeness (QED) is 0.173. The minimum atomic E-state index is -0.180. The van der Waals surface area contributed by atoms with E-state index < -0.39 is 0 Å². The zero-order valence-electron chi connectivity index (χ0n) is 36.2. The van der Waals surface area contributed by atoms with Crippen LogP contribution in [0.4, 0.5) is 0 Å². The molecule has 4 aromatic heterocycles. The molecule has 6 heteroatoms. The molecule has 4 heterocycles. The van der Waals surface area contributed by atoms with Crippen LogP contribution in [-0.4, -0.2) is 24.1 Å². The van der Waals surface area contributed by atoms with Gasteiger partial charge in [-0.2, -0.15) is 9.97 Å². The summed E-state index contributed by atoms with van der Waals surface area (Å²) in [7, 11) is 0. The third kappa shape index (κ3) is 5.15. The molecule has 1 aliphatic rings. The van der Waals surface area contributed by atoms with Gasteiger partial charge in [-0.1, -0.05) is 178 Å². The van der Waals surface area contributed by atoms with E-state index in [0.29, 0.717) is 17.6 Å². The van der Waals surface area contributed by atoms with Gasteiger partial charge in [-0.15, -0.1) is 0 Å². The van der Waals surface area contributed by atoms with Crippen LogP contribution >= 0.6 is 0 Å². The van der Waals surface area contributed by atoms with Crippen molar-refractivity contribution >= 4 is 65.6 Å². The fraction of sp³-hybridized carbons (Fsp3) is 0.0500. The first-order chi connectivity index (χ1) is 32.5. The number of fused-ring (bicyclic) bond motifs is 13. The fourth-order valence-corrected chi connectivity index (χ4v) is 11.0. The highest BCUT2D eigenvalue weighted by atomic mass is 16.3. The van der Waals surface area contributed by atoms with E-state index in [-0.39, 0.29) is 5.41 Å². The molecule has 0 amide bonds. The van der Waals surface area contributed by atoms with Crippen molar-refractivity contribution in [3.05, 3.63) is 211 Å². The zero-order chi connectivity index (χ0) is 43.7. The van der Waals surface area contributed by atoms with E-state index in [9.17, 15) is 0 Å². The molecule has 1 aliphatic carbocycles. The second kappa shape index (κ2) is 13.7. The van der Waals surface area contributed by atoms with E-state index in [1.807, 2.05) is 18.2 Å². The largest absolute Gasteiger partial charge is 0.456 e. The number of aromatic nitrogens is 5. The molecule has 0 radical (unpaired) electrons. The van der Waals surface area contributed by atoms with E-state index in [1.165, 1.54) is 22.3 Å². The average Bonchev–Trinajstić information content (AvgIpc) is 4.09. The number of hydrogen-bond donors (Lipinski definition) is 0. The Kier molecular flexibility index (Phi) is 7.64. The van der Waals surface area contributed by atoms with Crippen LogP contribution in [0, 0.1) is 0 Å². The maximum atomic E-state index is 6.57. The second-order valence-electron chi connectivity index (χ2n) is 17.9. The Morgan fingerprint density at radius 3 is 1.77 bits per heavy atom. The molecule has 0 saturated heterocycles. The number of benzene rings is 9. The molecular formula is C60H39N5O. The topological polar surface area (TPSA) is 61.7 Å². The van der Waals surface area contributed by atoms with Gasteiger partial charge in [0.2, 0.25) is 5.95 Å². The van der Waals surface area contributed by atoms with Crippen LogP contribution in [-0.2, 0) is 5.41 Å². The standard InChI is InChI=1S/C60H39N5O/c1-60(2)47-26-12-9-23-44(47)53-45(25-15-27-48(53)60)58-61-57(37-19-7-4-8-20-37)62-59(63-58)65-50-29-14-11-22-41(50)43-33-32-42-40-21-10-13-28-49(40)64(55(42)56(43)65)38-31-34-51-46(35-38)54-39(24-16-30-52(54)66-51)36-17-5-3-6-18-36/h3-35H,1-2H3. The Bertz CT molecular complexity index is 4140. The van der Waals surface area contributed by atoms with Crippen molar-refractivity contribution in [2.24, 2.45) is 0 Å². The average molecular weight is 846 g/mol. The van der Waals surface area contributed by atoms with E-state index in [4.69, 9.17) is 19.4 Å². The monoisotopic (exact) mass is 845 g/mol. The SMILES string of the molecule is CC1(C)c2ccccc2-c2c(-c3nc(-c4ccccc4)nc(-n4c5ccccc5c5ccc6c7ccccc7n(-c7ccc8oc9cccc(-c%10ccccc%10)c9c8c7)c6c54)n3)cccc21. The Morgan fingerprint density at radius 2 is 1.00 bits per heavy atom. The summed E-state index contributed by atoms with van der Waals surface area (Å²) in [6.45, 7) is 4.63. The molecule has 6 nitrogen and oxygen atoms in total. The smallest absolute Gasteiger partial charge is 0.238 e. The molecule has 9 aromatic carbocycles. The van der Waals surface area contributed by atoms with E-state index in [0.717, 1.165) is 93.5 Å². The van der Waals surface area contributed by atoms with Crippen molar-refractivity contribution < 1.29 is 4.42 Å². The van der Waals surface area contributed by atoms with Gasteiger partial charge in [0.1, 0.15) is 11.2 Å². The highest BCUT2D eigenvalue weighted by Crippen LogP contribution is 2.52. The van der Waals surface area contributed by atoms with Gasteiger partial charge in [0.15, 0.2) is 11.6 Å². The minimum Gasteiger partial charge on any atom is -0.456 e.